The summed E-state index contributed by atoms with van der Waals surface area (Å²) in [5.74, 6) is -8.83. The van der Waals surface area contributed by atoms with Crippen molar-refractivity contribution in [3.05, 3.63) is 301 Å². The van der Waals surface area contributed by atoms with Gasteiger partial charge >= 0.3 is 47.8 Å². The average Bonchev–Trinajstić information content (AvgIpc) is 0.782. The van der Waals surface area contributed by atoms with Crippen LogP contribution in [-0.4, -0.2) is 138 Å². The van der Waals surface area contributed by atoms with Crippen LogP contribution in [0.15, 0.2) is 256 Å². The molecule has 0 aliphatic heterocycles. The molecular weight excluding hydrogens is 1800 g/mol. The Kier molecular flexibility index (Phi) is 45.0. The lowest BCUT2D eigenvalue weighted by atomic mass is 9.77. The minimum Gasteiger partial charge on any atom is -0.462 e. The number of nitrogens with one attached hydrogen (secondary N) is 2. The third-order valence-corrected chi connectivity index (χ3v) is 25.5. The summed E-state index contributed by atoms with van der Waals surface area (Å²) in [7, 11) is 0. The molecule has 10 rings (SSSR count). The molecule has 2 amide bonds. The van der Waals surface area contributed by atoms with Gasteiger partial charge in [-0.3, -0.25) is 57.5 Å². The van der Waals surface area contributed by atoms with Crippen molar-refractivity contribution in [2.24, 2.45) is 27.1 Å². The second-order valence-electron chi connectivity index (χ2n) is 38.3. The maximum Gasteiger partial charge on any atom is 0.336 e. The first-order chi connectivity index (χ1) is 66.9. The van der Waals surface area contributed by atoms with Crippen molar-refractivity contribution in [2.45, 2.75) is 269 Å². The number of Topliss-reactive ketones (excluding diaryl/α,β-unsaturated/α-hetero) is 5. The number of benzene rings is 8. The molecule has 2 N–H and O–H groups in total. The third kappa shape index (κ3) is 35.1. The summed E-state index contributed by atoms with van der Waals surface area (Å²) in [6.45, 7) is 43.7. The van der Waals surface area contributed by atoms with Gasteiger partial charge in [0.1, 0.15) is 47.4 Å². The minimum atomic E-state index is -1.52. The lowest BCUT2D eigenvalue weighted by molar-refractivity contribution is -0.219. The molecule has 2 aliphatic carbocycles. The highest BCUT2D eigenvalue weighted by molar-refractivity contribution is 6.14. The first-order valence-electron chi connectivity index (χ1n) is 48.2. The van der Waals surface area contributed by atoms with Crippen molar-refractivity contribution in [3.63, 3.8) is 0 Å². The number of ether oxygens (including phenoxy) is 8. The lowest BCUT2D eigenvalue weighted by Crippen LogP contribution is -2.50. The predicted molar refractivity (Wildman–Crippen MR) is 548 cm³/mol. The van der Waals surface area contributed by atoms with Crippen LogP contribution in [0.1, 0.15) is 248 Å². The Morgan fingerprint density at radius 1 is 0.394 bits per heavy atom. The van der Waals surface area contributed by atoms with Gasteiger partial charge in [-0.2, -0.15) is 0 Å². The van der Waals surface area contributed by atoms with Gasteiger partial charge in [-0.1, -0.05) is 245 Å². The van der Waals surface area contributed by atoms with Crippen molar-refractivity contribution in [3.8, 4) is 0 Å². The second kappa shape index (κ2) is 54.7. The van der Waals surface area contributed by atoms with Crippen molar-refractivity contribution in [1.82, 2.24) is 10.6 Å². The van der Waals surface area contributed by atoms with E-state index in [9.17, 15) is 71.9 Å². The number of fused-ring (bicyclic) bond motifs is 2. The number of aryl methyl sites for hydroxylation is 6. The van der Waals surface area contributed by atoms with Crippen LogP contribution in [0.4, 0.5) is 0 Å². The molecule has 25 nitrogen and oxygen atoms in total. The fraction of sp³-hybridized carbons (Fsp3) is 0.410. The van der Waals surface area contributed by atoms with Crippen LogP contribution in [0.25, 0.3) is 21.5 Å². The second-order valence-corrected chi connectivity index (χ2v) is 38.3. The summed E-state index contributed by atoms with van der Waals surface area (Å²) in [5, 5.41) is 9.68. The van der Waals surface area contributed by atoms with E-state index in [0.29, 0.717) is 56.1 Å². The van der Waals surface area contributed by atoms with E-state index < -0.39 is 92.2 Å². The van der Waals surface area contributed by atoms with Crippen molar-refractivity contribution >= 4 is 110 Å². The minimum absolute atomic E-state index is 0.0764. The Labute approximate surface area is 836 Å². The van der Waals surface area contributed by atoms with Crippen molar-refractivity contribution in [2.75, 3.05) is 13.2 Å². The molecule has 8 aromatic carbocycles. The summed E-state index contributed by atoms with van der Waals surface area (Å²) in [5.41, 5.74) is -0.642. The fourth-order valence-electron chi connectivity index (χ4n) is 15.6. The van der Waals surface area contributed by atoms with Gasteiger partial charge in [0.15, 0.2) is 39.7 Å². The standard InChI is InChI=1S/C26H31NO4.C25H29NO4.C23H26O5.C23H30O5.C20H26O5/c1-4-24(29)27-22-11-13-23(14-12-22)31-25(30)26(3,18(2)28)16-15-19-9-10-20-7-5-6-8-21(20)17-19;1-6-21(27)26-24(3,4)30-23(29)25(5,22(28)20-10-8-7-9-11-20)17-16-19-14-12-18(2)13-15-19;1-7-23(6,21(26)28-22(4,5)27-20(25)15(2)3)19(24)18-13-12-16-10-8-9-11-17(16)14-18;1-4-21(25)27-16-23(18(3)24,15-14-19-12-10-17(2)11-13-19)22(26)28-20-8-6-5-7-9-20;1-14(2)18(22)24-13-20(16(5)21,19(23)25-15(3)4)12-11-17-9-7-6-8-10-17/h4-10,17,22-23H,1,11-16H2,2-3H3,(H,27,29);6-15H,1,16-17H2,2-5H3,(H,26,27);8-14H,2,7H2,1,3-6H3;4,10-13,20H,1,5-9,14-16H2,2-3H3;6-10,15H,1,11-13H2,2-5H3. The van der Waals surface area contributed by atoms with E-state index >= 15 is 0 Å². The molecule has 0 heterocycles. The highest BCUT2D eigenvalue weighted by Gasteiger charge is 2.51. The largest absolute Gasteiger partial charge is 0.462 e. The highest BCUT2D eigenvalue weighted by atomic mass is 16.7. The monoisotopic (exact) mass is 1940 g/mol. The first-order valence-corrected chi connectivity index (χ1v) is 48.2. The van der Waals surface area contributed by atoms with Crippen LogP contribution in [-0.2, 0) is 126 Å². The molecule has 2 aliphatic rings. The van der Waals surface area contributed by atoms with Crippen molar-refractivity contribution in [1.29, 1.82) is 0 Å². The molecule has 0 bridgehead atoms. The smallest absolute Gasteiger partial charge is 0.336 e. The molecule has 2 saturated carbocycles. The van der Waals surface area contributed by atoms with Gasteiger partial charge in [0.25, 0.3) is 5.79 Å². The van der Waals surface area contributed by atoms with Crippen LogP contribution in [0, 0.1) is 40.9 Å². The summed E-state index contributed by atoms with van der Waals surface area (Å²) in [6.07, 6.45) is 13.7. The van der Waals surface area contributed by atoms with Crippen LogP contribution >= 0.6 is 0 Å². The van der Waals surface area contributed by atoms with E-state index in [1.807, 2.05) is 147 Å². The maximum atomic E-state index is 13.3. The number of ketones is 5. The lowest BCUT2D eigenvalue weighted by Gasteiger charge is -2.32. The quantitative estimate of drug-likeness (QED) is 0.00896. The Balaban J connectivity index is 0.000000272. The van der Waals surface area contributed by atoms with Crippen LogP contribution in [0.3, 0.4) is 0 Å². The summed E-state index contributed by atoms with van der Waals surface area (Å²) in [6, 6.07) is 61.5. The van der Waals surface area contributed by atoms with E-state index in [-0.39, 0.29) is 109 Å². The molecule has 0 saturated heterocycles. The van der Waals surface area contributed by atoms with Gasteiger partial charge in [0.2, 0.25) is 11.8 Å². The average molecular weight is 1940 g/mol. The fourth-order valence-corrected chi connectivity index (χ4v) is 15.6. The summed E-state index contributed by atoms with van der Waals surface area (Å²) in [4.78, 5) is 187. The zero-order valence-electron chi connectivity index (χ0n) is 85.6. The van der Waals surface area contributed by atoms with Gasteiger partial charge in [-0.15, -0.1) is 0 Å². The normalized spacial score (nSPS) is 15.5. The Bertz CT molecular complexity index is 5800. The van der Waals surface area contributed by atoms with Crippen molar-refractivity contribution < 1.29 is 110 Å². The maximum absolute atomic E-state index is 13.3. The zero-order chi connectivity index (χ0) is 106. The highest BCUT2D eigenvalue weighted by Crippen LogP contribution is 2.39. The molecule has 5 unspecified atom stereocenters. The molecule has 758 valence electrons. The molecule has 142 heavy (non-hydrogen) atoms. The number of amides is 2. The molecule has 0 spiro atoms. The van der Waals surface area contributed by atoms with Gasteiger partial charge in [-0.25, -0.2) is 14.4 Å². The Morgan fingerprint density at radius 3 is 1.32 bits per heavy atom. The molecular formula is C117H142N2O23. The topological polar surface area (TPSA) is 354 Å². The van der Waals surface area contributed by atoms with Gasteiger partial charge in [0.05, 0.1) is 6.10 Å². The number of rotatable bonds is 42. The van der Waals surface area contributed by atoms with Crippen LogP contribution < -0.4 is 10.6 Å². The summed E-state index contributed by atoms with van der Waals surface area (Å²) >= 11 is 0. The molecule has 8 aromatic rings. The molecule has 2 fully saturated rings. The SMILES string of the molecule is C=C(C)C(=O)OC(C)(C)OC(=O)C(C)(CC)C(=O)c1ccc2ccccc2c1.C=C(C)C(=O)OCC(CCc1ccccc1)(C(C)=O)C(=O)OC(C)C.C=CC(=O)NC(C)(C)OC(=O)C(C)(CCc1ccc(C)cc1)C(=O)c1ccccc1.C=CC(=O)NC1CCC(OC(=O)C(C)(CCc2ccc3ccccc3c2)C(C)=O)CC1.C=CC(=O)OCC(CCc1ccc(C)cc1)(C(C)=O)C(=O)OC1CCCCC1. The van der Waals surface area contributed by atoms with Crippen LogP contribution in [0.5, 0.6) is 0 Å². The number of esters is 8. The van der Waals surface area contributed by atoms with Gasteiger partial charge in [-0.05, 0) is 268 Å². The Hall–Kier alpha value is -14.0. The van der Waals surface area contributed by atoms with Gasteiger partial charge in [0, 0.05) is 48.2 Å². The summed E-state index contributed by atoms with van der Waals surface area (Å²) < 4.78 is 43.2. The Morgan fingerprint density at radius 2 is 0.824 bits per heavy atom. The molecule has 5 atom stereocenters. The van der Waals surface area contributed by atoms with E-state index in [4.69, 9.17) is 37.9 Å². The van der Waals surface area contributed by atoms with E-state index in [2.05, 4.69) is 67.8 Å². The molecule has 0 radical (unpaired) electrons. The number of carbonyl (C=O) groups excluding carboxylic acids is 15. The van der Waals surface area contributed by atoms with E-state index in [0.717, 1.165) is 107 Å². The molecule has 0 aromatic heterocycles. The zero-order valence-corrected chi connectivity index (χ0v) is 85.6. The number of hydrogen-bond donors (Lipinski definition) is 2. The number of carbonyl (C=O) groups is 15. The van der Waals surface area contributed by atoms with E-state index in [1.165, 1.54) is 59.9 Å². The predicted octanol–water partition coefficient (Wildman–Crippen LogP) is 21.1. The third-order valence-electron chi connectivity index (χ3n) is 25.5. The number of hydrogen-bond acceptors (Lipinski definition) is 23. The molecule has 25 heteroatoms. The van der Waals surface area contributed by atoms with Gasteiger partial charge < -0.3 is 48.5 Å². The van der Waals surface area contributed by atoms with E-state index in [1.54, 1.807) is 91.8 Å². The first kappa shape index (κ1) is 117. The van der Waals surface area contributed by atoms with Crippen LogP contribution in [0.2, 0.25) is 0 Å².